The van der Waals surface area contributed by atoms with E-state index in [0.717, 1.165) is 10.7 Å². The zero-order valence-electron chi connectivity index (χ0n) is 18.8. The van der Waals surface area contributed by atoms with E-state index in [4.69, 9.17) is 4.74 Å². The number of ether oxygens (including phenoxy) is 1. The van der Waals surface area contributed by atoms with Gasteiger partial charge in [-0.15, -0.1) is 0 Å². The van der Waals surface area contributed by atoms with Crippen molar-refractivity contribution in [1.29, 1.82) is 0 Å². The third-order valence-corrected chi connectivity index (χ3v) is 6.36. The lowest BCUT2D eigenvalue weighted by Crippen LogP contribution is -2.39. The van der Waals surface area contributed by atoms with E-state index in [1.165, 1.54) is 26.1 Å². The Morgan fingerprint density at radius 3 is 2.61 bits per heavy atom. The van der Waals surface area contributed by atoms with Gasteiger partial charge in [0.25, 0.3) is 11.1 Å². The number of hydrogen-bond acceptors (Lipinski definition) is 5. The Morgan fingerprint density at radius 1 is 1.24 bits per heavy atom. The molecule has 2 aromatic heterocycles. The molecule has 0 radical (unpaired) electrons. The van der Waals surface area contributed by atoms with Gasteiger partial charge in [0, 0.05) is 31.3 Å². The Balaban J connectivity index is 1.84. The number of aromatic nitrogens is 3. The topological polar surface area (TPSA) is 78.2 Å². The van der Waals surface area contributed by atoms with E-state index in [9.17, 15) is 22.8 Å². The van der Waals surface area contributed by atoms with Gasteiger partial charge in [0.05, 0.1) is 29.1 Å². The van der Waals surface area contributed by atoms with Crippen molar-refractivity contribution >= 4 is 16.6 Å². The van der Waals surface area contributed by atoms with Crippen molar-refractivity contribution in [2.45, 2.75) is 44.9 Å². The molecule has 0 saturated carbocycles. The minimum Gasteiger partial charge on any atom is -0.379 e. The molecule has 2 atom stereocenters. The predicted molar refractivity (Wildman–Crippen MR) is 119 cm³/mol. The molecule has 4 rings (SSSR count). The molecular formula is C23H25F3N4O3. The Morgan fingerprint density at radius 2 is 1.97 bits per heavy atom. The molecular weight excluding hydrogens is 437 g/mol. The number of halogens is 3. The first-order valence-electron chi connectivity index (χ1n) is 10.6. The third kappa shape index (κ3) is 4.03. The number of anilines is 1. The van der Waals surface area contributed by atoms with Gasteiger partial charge in [-0.1, -0.05) is 12.1 Å². The molecule has 0 bridgehead atoms. The Labute approximate surface area is 187 Å². The number of pyridine rings is 1. The Bertz CT molecular complexity index is 1340. The first-order chi connectivity index (χ1) is 15.4. The summed E-state index contributed by atoms with van der Waals surface area (Å²) >= 11 is 0. The van der Waals surface area contributed by atoms with Crippen LogP contribution in [0.2, 0.25) is 0 Å². The summed E-state index contributed by atoms with van der Waals surface area (Å²) in [5, 5.41) is 8.07. The highest BCUT2D eigenvalue weighted by molar-refractivity contribution is 5.90. The minimum atomic E-state index is -4.46. The summed E-state index contributed by atoms with van der Waals surface area (Å²) < 4.78 is 48.3. The first-order valence-corrected chi connectivity index (χ1v) is 10.6. The molecule has 176 valence electrons. The highest BCUT2D eigenvalue weighted by Crippen LogP contribution is 2.35. The molecule has 1 unspecified atom stereocenters. The SMILES string of the molecule is Cc1c(C(C)Nc2nn(C)c(=O)c3cc(=O)n([C@@]4(C)CCOC4)cc23)cccc1C(F)(F)F. The standard InChI is InChI=1S/C23H25F3N4O3/c1-13-15(6-5-7-18(13)23(24,25)26)14(2)27-20-17-11-30(22(3)8-9-33-12-22)19(31)10-16(17)21(32)29(4)28-20/h5-7,10-11,14H,8-9,12H2,1-4H3,(H,27,28)/t14?,22-/m0/s1. The van der Waals surface area contributed by atoms with Crippen LogP contribution >= 0.6 is 0 Å². The normalized spacial score (nSPS) is 19.7. The number of nitrogens with zero attached hydrogens (tertiary/aromatic N) is 3. The van der Waals surface area contributed by atoms with E-state index in [0.29, 0.717) is 36.4 Å². The maximum Gasteiger partial charge on any atom is 0.416 e. The zero-order chi connectivity index (χ0) is 24.1. The second-order valence-corrected chi connectivity index (χ2v) is 8.77. The monoisotopic (exact) mass is 462 g/mol. The van der Waals surface area contributed by atoms with Gasteiger partial charge in [-0.25, -0.2) is 4.68 Å². The number of fused-ring (bicyclic) bond motifs is 1. The maximum atomic E-state index is 13.4. The van der Waals surface area contributed by atoms with Crippen LogP contribution in [0.4, 0.5) is 19.0 Å². The highest BCUT2D eigenvalue weighted by atomic mass is 19.4. The van der Waals surface area contributed by atoms with Gasteiger partial charge in [0.1, 0.15) is 0 Å². The summed E-state index contributed by atoms with van der Waals surface area (Å²) in [6.45, 7) is 5.94. The molecule has 7 nitrogen and oxygen atoms in total. The van der Waals surface area contributed by atoms with Gasteiger partial charge < -0.3 is 14.6 Å². The Kier molecular flexibility index (Phi) is 5.60. The molecule has 1 aliphatic heterocycles. The van der Waals surface area contributed by atoms with Gasteiger partial charge in [0.15, 0.2) is 5.82 Å². The molecule has 10 heteroatoms. The van der Waals surface area contributed by atoms with E-state index < -0.39 is 28.9 Å². The fourth-order valence-electron chi connectivity index (χ4n) is 4.41. The van der Waals surface area contributed by atoms with Crippen molar-refractivity contribution in [3.8, 4) is 0 Å². The zero-order valence-corrected chi connectivity index (χ0v) is 18.8. The maximum absolute atomic E-state index is 13.4. The summed E-state index contributed by atoms with van der Waals surface area (Å²) in [7, 11) is 1.46. The van der Waals surface area contributed by atoms with Crippen LogP contribution in [0.15, 0.2) is 40.1 Å². The molecule has 3 heterocycles. The number of rotatable bonds is 4. The molecule has 1 N–H and O–H groups in total. The number of alkyl halides is 3. The number of aryl methyl sites for hydroxylation is 1. The van der Waals surface area contributed by atoms with Gasteiger partial charge in [-0.2, -0.15) is 18.3 Å². The summed E-state index contributed by atoms with van der Waals surface area (Å²) in [6.07, 6.45) is -2.23. The Hall–Kier alpha value is -3.14. The summed E-state index contributed by atoms with van der Waals surface area (Å²) in [5.74, 6) is 0.299. The summed E-state index contributed by atoms with van der Waals surface area (Å²) in [4.78, 5) is 25.5. The van der Waals surface area contributed by atoms with Crippen molar-refractivity contribution in [3.63, 3.8) is 0 Å². The van der Waals surface area contributed by atoms with E-state index in [-0.39, 0.29) is 16.5 Å². The van der Waals surface area contributed by atoms with Crippen LogP contribution in [0.3, 0.4) is 0 Å². The predicted octanol–water partition coefficient (Wildman–Crippen LogP) is 3.73. The quantitative estimate of drug-likeness (QED) is 0.639. The van der Waals surface area contributed by atoms with Crippen LogP contribution in [-0.2, 0) is 23.5 Å². The van der Waals surface area contributed by atoms with Gasteiger partial charge >= 0.3 is 6.18 Å². The molecule has 33 heavy (non-hydrogen) atoms. The van der Waals surface area contributed by atoms with Gasteiger partial charge in [-0.05, 0) is 44.4 Å². The average molecular weight is 462 g/mol. The fourth-order valence-corrected chi connectivity index (χ4v) is 4.41. The third-order valence-electron chi connectivity index (χ3n) is 6.36. The van der Waals surface area contributed by atoms with Gasteiger partial charge in [-0.3, -0.25) is 9.59 Å². The molecule has 1 aliphatic rings. The first kappa shape index (κ1) is 23.0. The fraction of sp³-hybridized carbons (Fsp3) is 0.435. The lowest BCUT2D eigenvalue weighted by Gasteiger charge is -2.26. The van der Waals surface area contributed by atoms with Crippen LogP contribution in [0.1, 0.15) is 43.0 Å². The summed E-state index contributed by atoms with van der Waals surface area (Å²) in [6, 6.07) is 4.78. The van der Waals surface area contributed by atoms with E-state index >= 15 is 0 Å². The van der Waals surface area contributed by atoms with Crippen molar-refractivity contribution in [1.82, 2.24) is 14.3 Å². The molecule has 1 saturated heterocycles. The number of benzene rings is 1. The molecule has 0 aliphatic carbocycles. The lowest BCUT2D eigenvalue weighted by atomic mass is 9.97. The van der Waals surface area contributed by atoms with Crippen LogP contribution in [0.25, 0.3) is 10.8 Å². The number of hydrogen-bond donors (Lipinski definition) is 1. The van der Waals surface area contributed by atoms with Gasteiger partial charge in [0.2, 0.25) is 0 Å². The van der Waals surface area contributed by atoms with Crippen molar-refractivity contribution < 1.29 is 17.9 Å². The minimum absolute atomic E-state index is 0.117. The largest absolute Gasteiger partial charge is 0.416 e. The number of nitrogens with one attached hydrogen (secondary N) is 1. The van der Waals surface area contributed by atoms with Crippen LogP contribution in [0.5, 0.6) is 0 Å². The van der Waals surface area contributed by atoms with Crippen LogP contribution in [-0.4, -0.2) is 27.6 Å². The molecule has 1 aromatic carbocycles. The van der Waals surface area contributed by atoms with E-state index in [2.05, 4.69) is 10.4 Å². The van der Waals surface area contributed by atoms with Crippen molar-refractivity contribution in [3.05, 3.63) is 67.9 Å². The molecule has 0 spiro atoms. The lowest BCUT2D eigenvalue weighted by molar-refractivity contribution is -0.138. The molecule has 0 amide bonds. The van der Waals surface area contributed by atoms with E-state index in [1.54, 1.807) is 23.8 Å². The highest BCUT2D eigenvalue weighted by Gasteiger charge is 2.34. The van der Waals surface area contributed by atoms with Crippen LogP contribution < -0.4 is 16.4 Å². The van der Waals surface area contributed by atoms with E-state index in [1.807, 2.05) is 6.92 Å². The second-order valence-electron chi connectivity index (χ2n) is 8.77. The smallest absolute Gasteiger partial charge is 0.379 e. The van der Waals surface area contributed by atoms with Crippen LogP contribution in [0, 0.1) is 6.92 Å². The van der Waals surface area contributed by atoms with Crippen molar-refractivity contribution in [2.75, 3.05) is 18.5 Å². The second kappa shape index (κ2) is 8.02. The summed E-state index contributed by atoms with van der Waals surface area (Å²) in [5.41, 5.74) is -1.45. The average Bonchev–Trinajstić information content (AvgIpc) is 3.18. The molecule has 3 aromatic rings. The van der Waals surface area contributed by atoms with Crippen molar-refractivity contribution in [2.24, 2.45) is 7.05 Å². The molecule has 1 fully saturated rings.